The standard InChI is InChI=1S/C8H15NO3S/c1-9-8(4-2-3-5-8)6-7-12-13(9,10)11/h2-7H2,1H3. The molecule has 1 aliphatic carbocycles. The highest BCUT2D eigenvalue weighted by Gasteiger charge is 2.46. The van der Waals surface area contributed by atoms with E-state index in [1.165, 1.54) is 4.31 Å². The van der Waals surface area contributed by atoms with Crippen LogP contribution in [0.3, 0.4) is 0 Å². The van der Waals surface area contributed by atoms with E-state index in [4.69, 9.17) is 4.18 Å². The van der Waals surface area contributed by atoms with Crippen LogP contribution in [0.2, 0.25) is 0 Å². The lowest BCUT2D eigenvalue weighted by molar-refractivity contribution is 0.107. The zero-order valence-corrected chi connectivity index (χ0v) is 8.64. The molecule has 1 heterocycles. The van der Waals surface area contributed by atoms with E-state index in [1.54, 1.807) is 7.05 Å². The molecule has 4 nitrogen and oxygen atoms in total. The summed E-state index contributed by atoms with van der Waals surface area (Å²) in [5.74, 6) is 0. The van der Waals surface area contributed by atoms with Gasteiger partial charge in [-0.3, -0.25) is 4.18 Å². The molecule has 1 spiro atoms. The summed E-state index contributed by atoms with van der Waals surface area (Å²) in [5.41, 5.74) is -0.114. The van der Waals surface area contributed by atoms with Crippen LogP contribution >= 0.6 is 0 Å². The summed E-state index contributed by atoms with van der Waals surface area (Å²) in [4.78, 5) is 0. The van der Waals surface area contributed by atoms with E-state index < -0.39 is 10.3 Å². The molecule has 2 aliphatic rings. The van der Waals surface area contributed by atoms with Crippen molar-refractivity contribution in [2.75, 3.05) is 13.7 Å². The molecule has 1 saturated heterocycles. The van der Waals surface area contributed by atoms with Crippen molar-refractivity contribution in [2.45, 2.75) is 37.6 Å². The molecule has 13 heavy (non-hydrogen) atoms. The summed E-state index contributed by atoms with van der Waals surface area (Å²) in [6.45, 7) is 0.354. The fourth-order valence-electron chi connectivity index (χ4n) is 2.41. The van der Waals surface area contributed by atoms with Crippen LogP contribution in [0.1, 0.15) is 32.1 Å². The van der Waals surface area contributed by atoms with E-state index in [2.05, 4.69) is 0 Å². The minimum atomic E-state index is -3.42. The van der Waals surface area contributed by atoms with Crippen LogP contribution < -0.4 is 0 Å². The Labute approximate surface area is 79.1 Å². The number of rotatable bonds is 0. The largest absolute Gasteiger partial charge is 0.338 e. The normalized spacial score (nSPS) is 32.4. The Kier molecular flexibility index (Phi) is 2.13. The van der Waals surface area contributed by atoms with Crippen molar-refractivity contribution in [3.8, 4) is 0 Å². The van der Waals surface area contributed by atoms with Crippen molar-refractivity contribution >= 4 is 10.3 Å². The van der Waals surface area contributed by atoms with Gasteiger partial charge in [-0.2, -0.15) is 12.7 Å². The van der Waals surface area contributed by atoms with Crippen LogP contribution in [0.15, 0.2) is 0 Å². The number of hydrogen-bond donors (Lipinski definition) is 0. The molecule has 5 heteroatoms. The highest BCUT2D eigenvalue weighted by Crippen LogP contribution is 2.41. The summed E-state index contributed by atoms with van der Waals surface area (Å²) in [6, 6.07) is 0. The van der Waals surface area contributed by atoms with E-state index in [0.29, 0.717) is 6.61 Å². The van der Waals surface area contributed by atoms with Gasteiger partial charge in [0.15, 0.2) is 0 Å². The SMILES string of the molecule is CN1C2(CCCC2)CCOS1(=O)=O. The maximum atomic E-state index is 11.4. The fraction of sp³-hybridized carbons (Fsp3) is 1.00. The van der Waals surface area contributed by atoms with Gasteiger partial charge in [-0.25, -0.2) is 0 Å². The molecule has 0 amide bonds. The van der Waals surface area contributed by atoms with Gasteiger partial charge in [0.25, 0.3) is 0 Å². The molecule has 2 fully saturated rings. The topological polar surface area (TPSA) is 46.6 Å². The molecule has 1 aliphatic heterocycles. The maximum Gasteiger partial charge on any atom is 0.338 e. The van der Waals surface area contributed by atoms with Gasteiger partial charge in [-0.1, -0.05) is 12.8 Å². The van der Waals surface area contributed by atoms with Crippen molar-refractivity contribution in [2.24, 2.45) is 0 Å². The Morgan fingerprint density at radius 3 is 2.46 bits per heavy atom. The third kappa shape index (κ3) is 1.39. The third-order valence-electron chi connectivity index (χ3n) is 3.34. The third-order valence-corrected chi connectivity index (χ3v) is 4.86. The first-order valence-electron chi connectivity index (χ1n) is 4.70. The summed E-state index contributed by atoms with van der Waals surface area (Å²) in [5, 5.41) is 0. The lowest BCUT2D eigenvalue weighted by atomic mass is 9.94. The van der Waals surface area contributed by atoms with Gasteiger partial charge >= 0.3 is 10.3 Å². The molecule has 0 radical (unpaired) electrons. The Morgan fingerprint density at radius 1 is 1.23 bits per heavy atom. The second kappa shape index (κ2) is 2.93. The molecule has 0 N–H and O–H groups in total. The molecular formula is C8H15NO3S. The maximum absolute atomic E-state index is 11.4. The summed E-state index contributed by atoms with van der Waals surface area (Å²) in [7, 11) is -1.78. The van der Waals surface area contributed by atoms with Gasteiger partial charge in [0.05, 0.1) is 6.61 Å². The Balaban J connectivity index is 2.29. The van der Waals surface area contributed by atoms with Crippen LogP contribution in [0.25, 0.3) is 0 Å². The predicted octanol–water partition coefficient (Wildman–Crippen LogP) is 0.896. The van der Waals surface area contributed by atoms with Crippen LogP contribution in [0.4, 0.5) is 0 Å². The molecule has 76 valence electrons. The van der Waals surface area contributed by atoms with Gasteiger partial charge < -0.3 is 0 Å². The van der Waals surface area contributed by atoms with E-state index in [9.17, 15) is 8.42 Å². The van der Waals surface area contributed by atoms with E-state index >= 15 is 0 Å². The number of hydrogen-bond acceptors (Lipinski definition) is 3. The zero-order chi connectivity index (χ0) is 9.53. The predicted molar refractivity (Wildman–Crippen MR) is 48.5 cm³/mol. The van der Waals surface area contributed by atoms with Crippen molar-refractivity contribution in [1.29, 1.82) is 0 Å². The van der Waals surface area contributed by atoms with Gasteiger partial charge in [-0.05, 0) is 19.3 Å². The molecule has 0 aromatic heterocycles. The first-order valence-corrected chi connectivity index (χ1v) is 6.07. The van der Waals surface area contributed by atoms with Crippen molar-refractivity contribution in [1.82, 2.24) is 4.31 Å². The molecule has 0 unspecified atom stereocenters. The monoisotopic (exact) mass is 205 g/mol. The van der Waals surface area contributed by atoms with Crippen molar-refractivity contribution in [3.05, 3.63) is 0 Å². The van der Waals surface area contributed by atoms with E-state index in [-0.39, 0.29) is 5.54 Å². The van der Waals surface area contributed by atoms with Crippen LogP contribution in [0, 0.1) is 0 Å². The minimum absolute atomic E-state index is 0.114. The first-order chi connectivity index (χ1) is 6.07. The lowest BCUT2D eigenvalue weighted by Crippen LogP contribution is -2.52. The van der Waals surface area contributed by atoms with Crippen LogP contribution in [-0.4, -0.2) is 31.9 Å². The lowest BCUT2D eigenvalue weighted by Gasteiger charge is -2.40. The smallest absolute Gasteiger partial charge is 0.258 e. The van der Waals surface area contributed by atoms with Crippen molar-refractivity contribution in [3.63, 3.8) is 0 Å². The Morgan fingerprint density at radius 2 is 1.85 bits per heavy atom. The van der Waals surface area contributed by atoms with Crippen LogP contribution in [0.5, 0.6) is 0 Å². The van der Waals surface area contributed by atoms with Gasteiger partial charge in [0.1, 0.15) is 0 Å². The quantitative estimate of drug-likeness (QED) is 0.590. The molecule has 0 bridgehead atoms. The zero-order valence-electron chi connectivity index (χ0n) is 7.82. The molecule has 0 aromatic carbocycles. The van der Waals surface area contributed by atoms with Gasteiger partial charge in [-0.15, -0.1) is 0 Å². The van der Waals surface area contributed by atoms with Gasteiger partial charge in [0.2, 0.25) is 0 Å². The van der Waals surface area contributed by atoms with Crippen molar-refractivity contribution < 1.29 is 12.6 Å². The molecule has 0 aromatic rings. The highest BCUT2D eigenvalue weighted by molar-refractivity contribution is 7.84. The first kappa shape index (κ1) is 9.43. The minimum Gasteiger partial charge on any atom is -0.258 e. The summed E-state index contributed by atoms with van der Waals surface area (Å²) < 4.78 is 29.1. The Bertz CT molecular complexity index is 293. The summed E-state index contributed by atoms with van der Waals surface area (Å²) in [6.07, 6.45) is 5.11. The molecular weight excluding hydrogens is 190 g/mol. The molecule has 2 rings (SSSR count). The average Bonchev–Trinajstić information content (AvgIpc) is 2.50. The second-order valence-electron chi connectivity index (χ2n) is 3.93. The van der Waals surface area contributed by atoms with Gasteiger partial charge in [0, 0.05) is 12.6 Å². The number of nitrogens with zero attached hydrogens (tertiary/aromatic N) is 1. The molecule has 0 atom stereocenters. The highest BCUT2D eigenvalue weighted by atomic mass is 32.2. The second-order valence-corrected chi connectivity index (χ2v) is 5.57. The van der Waals surface area contributed by atoms with E-state index in [1.807, 2.05) is 0 Å². The van der Waals surface area contributed by atoms with E-state index in [0.717, 1.165) is 32.1 Å². The molecule has 1 saturated carbocycles. The summed E-state index contributed by atoms with van der Waals surface area (Å²) >= 11 is 0. The average molecular weight is 205 g/mol. The fourth-order valence-corrected chi connectivity index (χ4v) is 3.61. The Hall–Kier alpha value is -0.130. The van der Waals surface area contributed by atoms with Crippen LogP contribution in [-0.2, 0) is 14.5 Å².